The minimum atomic E-state index is -1.33. The number of amides is 3. The average molecular weight is 958 g/mol. The highest BCUT2D eigenvalue weighted by atomic mass is 32.2. The smallest absolute Gasteiger partial charge is 0.333 e. The number of hydrazine groups is 1. The number of rotatable bonds is 10. The van der Waals surface area contributed by atoms with E-state index >= 15 is 4.79 Å². The number of phenolic OH excluding ortho intramolecular Hbond substituents is 1. The van der Waals surface area contributed by atoms with E-state index in [9.17, 15) is 19.5 Å². The van der Waals surface area contributed by atoms with Gasteiger partial charge in [0.2, 0.25) is 11.8 Å². The fourth-order valence-electron chi connectivity index (χ4n) is 10.7. The second-order valence-corrected chi connectivity index (χ2v) is 21.1. The Morgan fingerprint density at radius 1 is 1.13 bits per heavy atom. The number of nitrogens with zero attached hydrogens (tertiary/aromatic N) is 6. The predicted molar refractivity (Wildman–Crippen MR) is 264 cm³/mol. The number of nitrogens with one attached hydrogen (secondary N) is 2. The Kier molecular flexibility index (Phi) is 13.0. The maximum absolute atomic E-state index is 15.1. The van der Waals surface area contributed by atoms with Gasteiger partial charge in [0.05, 0.1) is 48.1 Å². The van der Waals surface area contributed by atoms with E-state index in [0.29, 0.717) is 37.9 Å². The van der Waals surface area contributed by atoms with Gasteiger partial charge in [-0.2, -0.15) is 0 Å². The molecule has 69 heavy (non-hydrogen) atoms. The van der Waals surface area contributed by atoms with E-state index in [2.05, 4.69) is 59.3 Å². The molecule has 6 bridgehead atoms. The second kappa shape index (κ2) is 18.7. The number of aryl methyl sites for hydroxylation is 1. The van der Waals surface area contributed by atoms with Crippen molar-refractivity contribution in [3.63, 3.8) is 0 Å². The zero-order valence-electron chi connectivity index (χ0n) is 40.6. The van der Waals surface area contributed by atoms with Crippen LogP contribution in [0.5, 0.6) is 5.75 Å². The van der Waals surface area contributed by atoms with Gasteiger partial charge in [-0.05, 0) is 103 Å². The van der Waals surface area contributed by atoms with Crippen LogP contribution in [0.4, 0.5) is 0 Å². The van der Waals surface area contributed by atoms with E-state index in [1.165, 1.54) is 21.7 Å². The average Bonchev–Trinajstić information content (AvgIpc) is 3.92. The molecule has 17 heteroatoms. The molecule has 0 radical (unpaired) electrons. The molecule has 0 aliphatic carbocycles. The van der Waals surface area contributed by atoms with Crippen LogP contribution < -0.4 is 16.5 Å². The van der Waals surface area contributed by atoms with Crippen LogP contribution in [0.15, 0.2) is 77.6 Å². The number of aromatic nitrogens is 4. The number of nitrogens with two attached hydrogens (primary N) is 1. The van der Waals surface area contributed by atoms with Crippen molar-refractivity contribution in [1.82, 2.24) is 39.8 Å². The van der Waals surface area contributed by atoms with Crippen LogP contribution in [0.1, 0.15) is 89.0 Å². The van der Waals surface area contributed by atoms with Crippen LogP contribution in [0, 0.1) is 17.3 Å². The molecule has 5 aromatic rings. The maximum atomic E-state index is 15.1. The van der Waals surface area contributed by atoms with Gasteiger partial charge in [0.1, 0.15) is 17.8 Å². The number of hydrogen-bond acceptors (Lipinski definition) is 12. The lowest BCUT2D eigenvalue weighted by atomic mass is 9.83. The monoisotopic (exact) mass is 957 g/mol. The molecule has 0 saturated carbocycles. The molecular formula is C52H63N9O7S. The predicted octanol–water partition coefficient (Wildman–Crippen LogP) is 6.42. The molecule has 4 aliphatic heterocycles. The molecular weight excluding hydrogens is 895 g/mol. The van der Waals surface area contributed by atoms with Gasteiger partial charge < -0.3 is 39.7 Å². The Balaban J connectivity index is 1.15. The number of pyridine rings is 1. The van der Waals surface area contributed by atoms with Gasteiger partial charge in [-0.1, -0.05) is 51.6 Å². The van der Waals surface area contributed by atoms with Crippen molar-refractivity contribution in [2.75, 3.05) is 27.3 Å². The largest absolute Gasteiger partial charge is 0.508 e. The summed E-state index contributed by atoms with van der Waals surface area (Å²) in [5.41, 5.74) is 15.7. The zero-order valence-corrected chi connectivity index (χ0v) is 41.4. The van der Waals surface area contributed by atoms with Crippen molar-refractivity contribution in [2.24, 2.45) is 23.0 Å². The van der Waals surface area contributed by atoms with Gasteiger partial charge in [-0.25, -0.2) is 15.2 Å². The molecule has 4 aliphatic rings. The number of cyclic esters (lactones) is 1. The molecule has 1 saturated heterocycles. The fourth-order valence-corrected chi connectivity index (χ4v) is 11.4. The topological polar surface area (TPSA) is 199 Å². The Labute approximate surface area is 407 Å². The number of benzene rings is 2. The third-order valence-corrected chi connectivity index (χ3v) is 15.2. The number of imidazole rings is 1. The highest BCUT2D eigenvalue weighted by Gasteiger charge is 2.52. The second-order valence-electron chi connectivity index (χ2n) is 20.1. The van der Waals surface area contributed by atoms with Crippen LogP contribution in [0.2, 0.25) is 0 Å². The molecule has 3 aromatic heterocycles. The van der Waals surface area contributed by atoms with E-state index in [1.54, 1.807) is 45.0 Å². The van der Waals surface area contributed by atoms with Crippen LogP contribution in [0.3, 0.4) is 0 Å². The first kappa shape index (κ1) is 48.0. The van der Waals surface area contributed by atoms with Crippen LogP contribution >= 0.6 is 11.8 Å². The molecule has 9 rings (SSSR count). The first-order valence-corrected chi connectivity index (χ1v) is 24.8. The van der Waals surface area contributed by atoms with Crippen molar-refractivity contribution < 1.29 is 33.8 Å². The molecule has 1 fully saturated rings. The number of ether oxygens (including phenoxy) is 2. The number of esters is 1. The molecule has 16 nitrogen and oxygen atoms in total. The molecule has 5 N–H and O–H groups in total. The first-order chi connectivity index (χ1) is 32.9. The third kappa shape index (κ3) is 8.94. The summed E-state index contributed by atoms with van der Waals surface area (Å²) < 4.78 is 16.4. The molecule has 6 atom stereocenters. The Morgan fingerprint density at radius 2 is 1.91 bits per heavy atom. The Hall–Kier alpha value is -6.01. The molecule has 0 unspecified atom stereocenters. The van der Waals surface area contributed by atoms with Crippen molar-refractivity contribution in [3.05, 3.63) is 100 Å². The van der Waals surface area contributed by atoms with Crippen molar-refractivity contribution in [1.29, 1.82) is 0 Å². The minimum Gasteiger partial charge on any atom is -0.508 e. The highest BCUT2D eigenvalue weighted by Crippen LogP contribution is 2.48. The van der Waals surface area contributed by atoms with E-state index in [4.69, 9.17) is 20.2 Å². The normalized spacial score (nSPS) is 23.2. The van der Waals surface area contributed by atoms with Crippen molar-refractivity contribution in [2.45, 2.75) is 110 Å². The summed E-state index contributed by atoms with van der Waals surface area (Å²) in [6, 6.07) is 12.8. The van der Waals surface area contributed by atoms with E-state index in [0.717, 1.165) is 55.1 Å². The lowest BCUT2D eigenvalue weighted by Crippen LogP contribution is -2.67. The summed E-state index contributed by atoms with van der Waals surface area (Å²) in [5, 5.41) is 18.8. The Bertz CT molecular complexity index is 2870. The molecule has 0 spiro atoms. The van der Waals surface area contributed by atoms with Crippen LogP contribution in [0.25, 0.3) is 33.3 Å². The van der Waals surface area contributed by atoms with Crippen molar-refractivity contribution >= 4 is 46.4 Å². The standard InChI is InChI=1S/C52H63N9O7S/c1-9-60-40-14-13-32-22-36(40)37(46(60)35-12-10-16-55-44(35)30(4)67-8)23-51(5,6)27-68-50(66)52(42-26-69-42)15-11-17-61(57-52)49(65)39(20-31-18-33(32)21-34(62)19-31)56-47(63)45(29(2)3)58(7)48(64)38-25-59-28-54-24-41(59)43(38)53/h10,12-14,16,18-19,21-22,24,26,28-30,38-39,43,45,57,62H,9,11,15,17,20,23,25,27,53H2,1-8H3,(H,56,63)/t30-,38-,39-,43-,45-,52-/m0/s1. The lowest BCUT2D eigenvalue weighted by Gasteiger charge is -2.42. The molecule has 7 heterocycles. The first-order valence-electron chi connectivity index (χ1n) is 23.9. The number of carbonyl (C=O) groups is 4. The van der Waals surface area contributed by atoms with Gasteiger partial charge in [-0.3, -0.25) is 24.4 Å². The summed E-state index contributed by atoms with van der Waals surface area (Å²) in [6.07, 6.45) is 6.18. The third-order valence-electron chi connectivity index (χ3n) is 14.4. The van der Waals surface area contributed by atoms with E-state index in [1.807, 2.05) is 48.9 Å². The number of aromatic hydroxyl groups is 1. The van der Waals surface area contributed by atoms with E-state index < -0.39 is 52.8 Å². The summed E-state index contributed by atoms with van der Waals surface area (Å²) >= 11 is 1.43. The van der Waals surface area contributed by atoms with Gasteiger partial charge in [0.15, 0.2) is 5.54 Å². The number of thioether (sulfide) groups is 1. The SMILES string of the molecule is CCn1c(-c2cccnc2[C@H](C)OC)c2c3cc(ccc31)-c1cc(O)cc(c1)C[C@H](NC(=O)[C@H](C(C)C)N(C)C(=O)[C@H]1Cn3cncc3[C@H]1N)C(=O)N1CCC[C@@](C3=CS3)(N1)C(=O)OCC(C)(C)C2. The van der Waals surface area contributed by atoms with Gasteiger partial charge in [0, 0.05) is 79.4 Å². The summed E-state index contributed by atoms with van der Waals surface area (Å²) in [7, 11) is 3.28. The number of methoxy groups -OCH3 is 1. The molecule has 3 amide bonds. The summed E-state index contributed by atoms with van der Waals surface area (Å²) in [5.74, 6) is -2.75. The summed E-state index contributed by atoms with van der Waals surface area (Å²) in [4.78, 5) is 69.9. The van der Waals surface area contributed by atoms with Crippen LogP contribution in [-0.2, 0) is 54.6 Å². The van der Waals surface area contributed by atoms with Gasteiger partial charge in [0.25, 0.3) is 5.91 Å². The number of likely N-dealkylation sites (N-methyl/N-ethyl adjacent to an activating group) is 1. The van der Waals surface area contributed by atoms with Crippen LogP contribution in [-0.4, -0.2) is 103 Å². The maximum Gasteiger partial charge on any atom is 0.333 e. The number of fused-ring (bicyclic) bond motifs is 7. The minimum absolute atomic E-state index is 0.00855. The van der Waals surface area contributed by atoms with Gasteiger partial charge >= 0.3 is 5.97 Å². The summed E-state index contributed by atoms with van der Waals surface area (Å²) in [6.45, 7) is 13.3. The zero-order chi connectivity index (χ0) is 49.1. The molecule has 364 valence electrons. The number of hydrogen-bond donors (Lipinski definition) is 4. The number of phenols is 1. The lowest BCUT2D eigenvalue weighted by molar-refractivity contribution is -0.160. The fraction of sp³-hybridized carbons (Fsp3) is 0.462. The quantitative estimate of drug-likeness (QED) is 0.112. The number of carbonyl (C=O) groups excluding carboxylic acids is 4. The van der Waals surface area contributed by atoms with E-state index in [-0.39, 0.29) is 43.3 Å². The highest BCUT2D eigenvalue weighted by molar-refractivity contribution is 8.12. The Morgan fingerprint density at radius 3 is 2.62 bits per heavy atom. The van der Waals surface area contributed by atoms with Gasteiger partial charge in [-0.15, -0.1) is 0 Å². The van der Waals surface area contributed by atoms with Crippen molar-refractivity contribution in [3.8, 4) is 28.1 Å². The molecule has 2 aromatic carbocycles.